The Kier molecular flexibility index (Phi) is 4.20. The molecule has 0 spiro atoms. The zero-order valence-corrected chi connectivity index (χ0v) is 13.7. The van der Waals surface area contributed by atoms with Crippen molar-refractivity contribution in [2.45, 2.75) is 0 Å². The number of benzodiazepines with no additional fused rings is 1. The monoisotopic (exact) mass is 328 g/mol. The van der Waals surface area contributed by atoms with Crippen LogP contribution in [0.2, 0.25) is 0 Å². The molecule has 2 aromatic rings. The number of fused-ring (bicyclic) bond motifs is 1. The third-order valence-electron chi connectivity index (χ3n) is 3.98. The molecule has 6 heteroatoms. The number of rotatable bonds is 3. The second kappa shape index (κ2) is 6.31. The van der Waals surface area contributed by atoms with E-state index in [2.05, 4.69) is 4.99 Å². The van der Waals surface area contributed by atoms with Gasteiger partial charge >= 0.3 is 0 Å². The molecule has 0 saturated heterocycles. The van der Waals surface area contributed by atoms with E-state index in [-0.39, 0.29) is 18.3 Å². The minimum atomic E-state index is -0.325. The summed E-state index contributed by atoms with van der Waals surface area (Å²) in [6, 6.07) is 9.56. The van der Waals surface area contributed by atoms with E-state index in [4.69, 9.17) is 9.47 Å². The zero-order valence-electron chi connectivity index (χ0n) is 13.7. The molecule has 0 atom stereocenters. The van der Waals surface area contributed by atoms with Gasteiger partial charge < -0.3 is 14.4 Å². The van der Waals surface area contributed by atoms with E-state index in [1.165, 1.54) is 24.1 Å². The maximum Gasteiger partial charge on any atom is 0.248 e. The van der Waals surface area contributed by atoms with Crippen molar-refractivity contribution in [1.82, 2.24) is 0 Å². The normalized spacial score (nSPS) is 13.9. The molecule has 2 aromatic carbocycles. The van der Waals surface area contributed by atoms with Gasteiger partial charge in [-0.1, -0.05) is 0 Å². The summed E-state index contributed by atoms with van der Waals surface area (Å²) in [4.78, 5) is 18.2. The Morgan fingerprint density at radius 3 is 2.33 bits per heavy atom. The largest absolute Gasteiger partial charge is 0.493 e. The lowest BCUT2D eigenvalue weighted by Crippen LogP contribution is -2.27. The number of nitrogens with zero attached hydrogens (tertiary/aromatic N) is 2. The van der Waals surface area contributed by atoms with Gasteiger partial charge in [-0.2, -0.15) is 0 Å². The highest BCUT2D eigenvalue weighted by atomic mass is 19.1. The molecule has 0 unspecified atom stereocenters. The average molecular weight is 328 g/mol. The molecule has 0 bridgehead atoms. The number of carbonyl (C=O) groups excluding carboxylic acids is 1. The van der Waals surface area contributed by atoms with Crippen molar-refractivity contribution in [3.05, 3.63) is 53.3 Å². The van der Waals surface area contributed by atoms with Crippen molar-refractivity contribution in [3.63, 3.8) is 0 Å². The first-order chi connectivity index (χ1) is 11.5. The summed E-state index contributed by atoms with van der Waals surface area (Å²) in [5, 5.41) is 0. The maximum absolute atomic E-state index is 13.2. The van der Waals surface area contributed by atoms with Gasteiger partial charge in [-0.25, -0.2) is 4.39 Å². The zero-order chi connectivity index (χ0) is 17.3. The number of halogens is 1. The Bertz CT molecular complexity index is 816. The lowest BCUT2D eigenvalue weighted by Gasteiger charge is -2.20. The highest BCUT2D eigenvalue weighted by molar-refractivity contribution is 6.19. The molecule has 0 saturated carbocycles. The van der Waals surface area contributed by atoms with E-state index in [0.717, 1.165) is 11.1 Å². The van der Waals surface area contributed by atoms with Gasteiger partial charge in [-0.15, -0.1) is 0 Å². The van der Waals surface area contributed by atoms with Gasteiger partial charge in [-0.05, 0) is 30.3 Å². The van der Waals surface area contributed by atoms with Gasteiger partial charge in [0.15, 0.2) is 11.5 Å². The third kappa shape index (κ3) is 2.71. The lowest BCUT2D eigenvalue weighted by molar-refractivity contribution is -0.116. The molecule has 5 nitrogen and oxygen atoms in total. The van der Waals surface area contributed by atoms with Crippen LogP contribution in [0.3, 0.4) is 0 Å². The average Bonchev–Trinajstić information content (AvgIpc) is 2.72. The molecule has 0 N–H and O–H groups in total. The van der Waals surface area contributed by atoms with Crippen LogP contribution >= 0.6 is 0 Å². The second-order valence-electron chi connectivity index (χ2n) is 5.35. The lowest BCUT2D eigenvalue weighted by atomic mass is 9.99. The van der Waals surface area contributed by atoms with E-state index in [9.17, 15) is 9.18 Å². The number of benzene rings is 2. The van der Waals surface area contributed by atoms with Crippen molar-refractivity contribution in [1.29, 1.82) is 0 Å². The van der Waals surface area contributed by atoms with Crippen molar-refractivity contribution in [3.8, 4) is 11.5 Å². The molecule has 1 amide bonds. The summed E-state index contributed by atoms with van der Waals surface area (Å²) < 4.78 is 23.9. The molecule has 0 radical (unpaired) electrons. The van der Waals surface area contributed by atoms with Gasteiger partial charge in [-0.3, -0.25) is 9.79 Å². The van der Waals surface area contributed by atoms with Crippen LogP contribution < -0.4 is 14.4 Å². The summed E-state index contributed by atoms with van der Waals surface area (Å²) in [7, 11) is 4.78. The number of hydrogen-bond donors (Lipinski definition) is 0. The first-order valence-corrected chi connectivity index (χ1v) is 7.38. The summed E-state index contributed by atoms with van der Waals surface area (Å²) in [6.07, 6.45) is 0. The predicted octanol–water partition coefficient (Wildman–Crippen LogP) is 2.66. The maximum atomic E-state index is 13.2. The molecule has 24 heavy (non-hydrogen) atoms. The number of anilines is 1. The molecule has 0 fully saturated rings. The van der Waals surface area contributed by atoms with Crippen LogP contribution in [0.5, 0.6) is 11.5 Å². The topological polar surface area (TPSA) is 51.1 Å². The van der Waals surface area contributed by atoms with Crippen LogP contribution in [-0.2, 0) is 4.79 Å². The minimum absolute atomic E-state index is 0.0164. The van der Waals surface area contributed by atoms with Gasteiger partial charge in [0, 0.05) is 24.2 Å². The predicted molar refractivity (Wildman–Crippen MR) is 89.9 cm³/mol. The van der Waals surface area contributed by atoms with Gasteiger partial charge in [0.05, 0.1) is 25.6 Å². The van der Waals surface area contributed by atoms with Crippen molar-refractivity contribution >= 4 is 17.3 Å². The second-order valence-corrected chi connectivity index (χ2v) is 5.35. The quantitative estimate of drug-likeness (QED) is 0.870. The fourth-order valence-corrected chi connectivity index (χ4v) is 2.66. The van der Waals surface area contributed by atoms with Crippen LogP contribution in [0.1, 0.15) is 11.1 Å². The molecule has 3 rings (SSSR count). The van der Waals surface area contributed by atoms with Crippen LogP contribution in [0.4, 0.5) is 10.1 Å². The minimum Gasteiger partial charge on any atom is -0.493 e. The summed E-state index contributed by atoms with van der Waals surface area (Å²) >= 11 is 0. The highest BCUT2D eigenvalue weighted by Gasteiger charge is 2.25. The van der Waals surface area contributed by atoms with Crippen LogP contribution in [0, 0.1) is 5.82 Å². The molecule has 1 heterocycles. The molecule has 0 aliphatic carbocycles. The fraction of sp³-hybridized carbons (Fsp3) is 0.222. The van der Waals surface area contributed by atoms with Gasteiger partial charge in [0.1, 0.15) is 12.4 Å². The third-order valence-corrected chi connectivity index (χ3v) is 3.98. The number of aliphatic imine (C=N–C) groups is 1. The van der Waals surface area contributed by atoms with Crippen molar-refractivity contribution in [2.24, 2.45) is 4.99 Å². The Balaban J connectivity index is 2.24. The van der Waals surface area contributed by atoms with Crippen LogP contribution in [0.15, 0.2) is 41.4 Å². The Hall–Kier alpha value is -2.89. The number of likely N-dealkylation sites (N-methyl/N-ethyl adjacent to an activating group) is 1. The molecular formula is C18H17FN2O3. The van der Waals surface area contributed by atoms with E-state index in [1.807, 2.05) is 0 Å². The Labute approximate surface area is 139 Å². The number of methoxy groups -OCH3 is 2. The Morgan fingerprint density at radius 2 is 1.71 bits per heavy atom. The standard InChI is InChI=1S/C18H17FN2O3/c1-21-14-9-16(24-3)15(23-2)8-13(14)18(20-10-17(21)22)11-4-6-12(19)7-5-11/h4-9H,10H2,1-3H3. The number of carbonyl (C=O) groups is 1. The Morgan fingerprint density at radius 1 is 1.08 bits per heavy atom. The summed E-state index contributed by atoms with van der Waals surface area (Å²) in [5.41, 5.74) is 2.74. The number of amides is 1. The number of hydrogen-bond acceptors (Lipinski definition) is 4. The van der Waals surface area contributed by atoms with Crippen molar-refractivity contribution < 1.29 is 18.7 Å². The fourth-order valence-electron chi connectivity index (χ4n) is 2.66. The smallest absolute Gasteiger partial charge is 0.248 e. The van der Waals surface area contributed by atoms with E-state index < -0.39 is 0 Å². The van der Waals surface area contributed by atoms with Crippen LogP contribution in [-0.4, -0.2) is 39.4 Å². The molecular weight excluding hydrogens is 311 g/mol. The first kappa shape index (κ1) is 16.0. The van der Waals surface area contributed by atoms with Crippen molar-refractivity contribution in [2.75, 3.05) is 32.7 Å². The van der Waals surface area contributed by atoms with Crippen LogP contribution in [0.25, 0.3) is 0 Å². The molecule has 1 aliphatic rings. The first-order valence-electron chi connectivity index (χ1n) is 7.38. The van der Waals surface area contributed by atoms with E-state index >= 15 is 0 Å². The molecule has 0 aromatic heterocycles. The summed E-state index contributed by atoms with van der Waals surface area (Å²) in [6.45, 7) is 0.0164. The number of ether oxygens (including phenoxy) is 2. The SMILES string of the molecule is COc1cc2c(cc1OC)N(C)C(=O)CN=C2c1ccc(F)cc1. The van der Waals surface area contributed by atoms with Gasteiger partial charge in [0.2, 0.25) is 5.91 Å². The molecule has 124 valence electrons. The summed E-state index contributed by atoms with van der Waals surface area (Å²) in [5.74, 6) is 0.597. The molecule has 1 aliphatic heterocycles. The van der Waals surface area contributed by atoms with E-state index in [1.54, 1.807) is 38.4 Å². The van der Waals surface area contributed by atoms with Gasteiger partial charge in [0.25, 0.3) is 0 Å². The highest BCUT2D eigenvalue weighted by Crippen LogP contribution is 2.37. The van der Waals surface area contributed by atoms with E-state index in [0.29, 0.717) is 22.9 Å².